The van der Waals surface area contributed by atoms with Crippen LogP contribution in [0.4, 0.5) is 26.3 Å². The second-order valence-electron chi connectivity index (χ2n) is 5.92. The van der Waals surface area contributed by atoms with Crippen molar-refractivity contribution in [2.24, 2.45) is 0 Å². The van der Waals surface area contributed by atoms with E-state index in [0.29, 0.717) is 9.58 Å². The van der Waals surface area contributed by atoms with Crippen LogP contribution in [-0.4, -0.2) is 38.5 Å². The minimum Gasteiger partial charge on any atom is -0.467 e. The highest BCUT2D eigenvalue weighted by Crippen LogP contribution is 2.33. The SMILES string of the molecule is O=C(c1cn(-c2ccccc2C(F)(F)F)nn1)N(Cc1ccco1)CC(F)(F)F. The molecule has 0 bridgehead atoms. The van der Waals surface area contributed by atoms with Crippen molar-refractivity contribution >= 4 is 5.91 Å². The molecule has 6 nitrogen and oxygen atoms in total. The fraction of sp³-hybridized carbons (Fsp3) is 0.235. The Hall–Kier alpha value is -3.31. The van der Waals surface area contributed by atoms with Crippen molar-refractivity contribution in [2.45, 2.75) is 18.9 Å². The largest absolute Gasteiger partial charge is 0.467 e. The predicted molar refractivity (Wildman–Crippen MR) is 85.9 cm³/mol. The summed E-state index contributed by atoms with van der Waals surface area (Å²) < 4.78 is 83.7. The fourth-order valence-corrected chi connectivity index (χ4v) is 2.56. The van der Waals surface area contributed by atoms with Crippen LogP contribution in [0.5, 0.6) is 0 Å². The van der Waals surface area contributed by atoms with Gasteiger partial charge in [-0.25, -0.2) is 4.68 Å². The van der Waals surface area contributed by atoms with Gasteiger partial charge in [0.05, 0.1) is 30.3 Å². The zero-order valence-corrected chi connectivity index (χ0v) is 14.4. The van der Waals surface area contributed by atoms with Gasteiger partial charge >= 0.3 is 12.4 Å². The van der Waals surface area contributed by atoms with Crippen molar-refractivity contribution in [3.8, 4) is 5.69 Å². The molecule has 0 fully saturated rings. The summed E-state index contributed by atoms with van der Waals surface area (Å²) in [4.78, 5) is 12.9. The minimum atomic E-state index is -4.71. The molecule has 2 aromatic heterocycles. The third kappa shape index (κ3) is 4.95. The molecule has 12 heteroatoms. The average Bonchev–Trinajstić information content (AvgIpc) is 3.30. The molecule has 0 spiro atoms. The highest BCUT2D eigenvalue weighted by Gasteiger charge is 2.36. The molecule has 3 rings (SSSR count). The van der Waals surface area contributed by atoms with Gasteiger partial charge < -0.3 is 9.32 Å². The first-order valence-electron chi connectivity index (χ1n) is 8.02. The van der Waals surface area contributed by atoms with E-state index >= 15 is 0 Å². The van der Waals surface area contributed by atoms with Crippen molar-refractivity contribution in [3.05, 3.63) is 65.9 Å². The summed E-state index contributed by atoms with van der Waals surface area (Å²) in [5.74, 6) is -1.06. The number of carbonyl (C=O) groups excluding carboxylic acids is 1. The number of amides is 1. The summed E-state index contributed by atoms with van der Waals surface area (Å²) >= 11 is 0. The van der Waals surface area contributed by atoms with Gasteiger partial charge in [0.1, 0.15) is 12.3 Å². The fourth-order valence-electron chi connectivity index (χ4n) is 2.56. The molecule has 0 atom stereocenters. The maximum Gasteiger partial charge on any atom is 0.418 e. The Morgan fingerprint density at radius 1 is 1.07 bits per heavy atom. The third-order valence-corrected chi connectivity index (χ3v) is 3.75. The lowest BCUT2D eigenvalue weighted by Crippen LogP contribution is -2.38. The topological polar surface area (TPSA) is 64.2 Å². The van der Waals surface area contributed by atoms with E-state index in [-0.39, 0.29) is 5.76 Å². The maximum absolute atomic E-state index is 13.2. The van der Waals surface area contributed by atoms with Gasteiger partial charge in [-0.2, -0.15) is 26.3 Å². The average molecular weight is 418 g/mol. The Morgan fingerprint density at radius 2 is 1.79 bits per heavy atom. The molecule has 1 aromatic carbocycles. The van der Waals surface area contributed by atoms with E-state index in [1.54, 1.807) is 0 Å². The monoisotopic (exact) mass is 418 g/mol. The zero-order valence-electron chi connectivity index (χ0n) is 14.4. The molecule has 0 saturated carbocycles. The van der Waals surface area contributed by atoms with Gasteiger partial charge in [0.15, 0.2) is 5.69 Å². The maximum atomic E-state index is 13.2. The molecule has 0 saturated heterocycles. The van der Waals surface area contributed by atoms with Crippen LogP contribution >= 0.6 is 0 Å². The number of rotatable bonds is 5. The van der Waals surface area contributed by atoms with E-state index in [9.17, 15) is 31.1 Å². The lowest BCUT2D eigenvalue weighted by molar-refractivity contribution is -0.142. The number of para-hydroxylation sites is 1. The summed E-state index contributed by atoms with van der Waals surface area (Å²) in [5, 5.41) is 6.92. The van der Waals surface area contributed by atoms with E-state index in [4.69, 9.17) is 4.42 Å². The van der Waals surface area contributed by atoms with Crippen LogP contribution in [-0.2, 0) is 12.7 Å². The van der Waals surface area contributed by atoms with Crippen molar-refractivity contribution in [1.29, 1.82) is 0 Å². The van der Waals surface area contributed by atoms with E-state index < -0.39 is 48.3 Å². The summed E-state index contributed by atoms with van der Waals surface area (Å²) in [6.45, 7) is -2.10. The Kier molecular flexibility index (Phi) is 5.36. The van der Waals surface area contributed by atoms with Crippen LogP contribution in [0.3, 0.4) is 0 Å². The van der Waals surface area contributed by atoms with Crippen molar-refractivity contribution in [2.75, 3.05) is 6.54 Å². The summed E-state index contributed by atoms with van der Waals surface area (Å²) in [7, 11) is 0. The molecule has 0 aliphatic heterocycles. The molecule has 1 amide bonds. The number of benzene rings is 1. The first kappa shape index (κ1) is 20.4. The number of aromatic nitrogens is 3. The second-order valence-corrected chi connectivity index (χ2v) is 5.92. The van der Waals surface area contributed by atoms with E-state index in [0.717, 1.165) is 18.3 Å². The van der Waals surface area contributed by atoms with Gasteiger partial charge in [-0.05, 0) is 24.3 Å². The standard InChI is InChI=1S/C17H12F6N4O2/c18-16(19,20)10-26(8-11-4-3-7-29-11)15(28)13-9-27(25-24-13)14-6-2-1-5-12(14)17(21,22)23/h1-7,9H,8,10H2. The van der Waals surface area contributed by atoms with Crippen molar-refractivity contribution in [1.82, 2.24) is 19.9 Å². The minimum absolute atomic E-state index is 0.0948. The van der Waals surface area contributed by atoms with Gasteiger partial charge in [0.2, 0.25) is 0 Å². The highest BCUT2D eigenvalue weighted by atomic mass is 19.4. The number of alkyl halides is 6. The molecular weight excluding hydrogens is 406 g/mol. The van der Waals surface area contributed by atoms with Crippen LogP contribution in [0.25, 0.3) is 5.69 Å². The first-order valence-corrected chi connectivity index (χ1v) is 8.02. The molecule has 0 radical (unpaired) electrons. The van der Waals surface area contributed by atoms with Crippen LogP contribution in [0.1, 0.15) is 21.8 Å². The molecule has 0 aliphatic carbocycles. The number of halogens is 6. The first-order chi connectivity index (χ1) is 13.5. The number of hydrogen-bond acceptors (Lipinski definition) is 4. The Morgan fingerprint density at radius 3 is 2.41 bits per heavy atom. The molecule has 2 heterocycles. The Labute approximate surface area is 159 Å². The summed E-state index contributed by atoms with van der Waals surface area (Å²) in [5.41, 5.74) is -2.00. The van der Waals surface area contributed by atoms with Gasteiger partial charge in [-0.1, -0.05) is 17.3 Å². The molecule has 29 heavy (non-hydrogen) atoms. The molecular formula is C17H12F6N4O2. The van der Waals surface area contributed by atoms with Gasteiger partial charge in [-0.15, -0.1) is 5.10 Å². The van der Waals surface area contributed by atoms with E-state index in [1.165, 1.54) is 30.5 Å². The number of furan rings is 1. The number of carbonyl (C=O) groups is 1. The van der Waals surface area contributed by atoms with Crippen LogP contribution < -0.4 is 0 Å². The predicted octanol–water partition coefficient (Wildman–Crippen LogP) is 4.08. The molecule has 0 unspecified atom stereocenters. The van der Waals surface area contributed by atoms with E-state index in [1.807, 2.05) is 0 Å². The summed E-state index contributed by atoms with van der Waals surface area (Å²) in [6.07, 6.45) is -7.33. The molecule has 154 valence electrons. The van der Waals surface area contributed by atoms with E-state index in [2.05, 4.69) is 10.3 Å². The third-order valence-electron chi connectivity index (χ3n) is 3.75. The normalized spacial score (nSPS) is 12.2. The lowest BCUT2D eigenvalue weighted by atomic mass is 10.1. The van der Waals surface area contributed by atoms with Gasteiger partial charge in [-0.3, -0.25) is 4.79 Å². The second kappa shape index (κ2) is 7.60. The number of hydrogen-bond donors (Lipinski definition) is 0. The van der Waals surface area contributed by atoms with Crippen LogP contribution in [0.2, 0.25) is 0 Å². The molecule has 3 aromatic rings. The lowest BCUT2D eigenvalue weighted by Gasteiger charge is -2.21. The quantitative estimate of drug-likeness (QED) is 0.586. The summed E-state index contributed by atoms with van der Waals surface area (Å²) in [6, 6.07) is 7.22. The van der Waals surface area contributed by atoms with Crippen molar-refractivity contribution in [3.63, 3.8) is 0 Å². The van der Waals surface area contributed by atoms with Crippen LogP contribution in [0.15, 0.2) is 53.3 Å². The zero-order chi connectivity index (χ0) is 21.2. The van der Waals surface area contributed by atoms with Gasteiger partial charge in [0.25, 0.3) is 5.91 Å². The van der Waals surface area contributed by atoms with Crippen LogP contribution in [0, 0.1) is 0 Å². The number of nitrogens with zero attached hydrogens (tertiary/aromatic N) is 4. The highest BCUT2D eigenvalue weighted by molar-refractivity contribution is 5.92. The molecule has 0 aliphatic rings. The van der Waals surface area contributed by atoms with Crippen molar-refractivity contribution < 1.29 is 35.6 Å². The Balaban J connectivity index is 1.91. The Bertz CT molecular complexity index is 978. The molecule has 0 N–H and O–H groups in total. The van der Waals surface area contributed by atoms with Gasteiger partial charge in [0, 0.05) is 0 Å². The smallest absolute Gasteiger partial charge is 0.418 e.